The highest BCUT2D eigenvalue weighted by molar-refractivity contribution is 5.64. The highest BCUT2D eigenvalue weighted by Crippen LogP contribution is 2.28. The molecule has 0 radical (unpaired) electrons. The van der Waals surface area contributed by atoms with E-state index in [2.05, 4.69) is 51.4 Å². The summed E-state index contributed by atoms with van der Waals surface area (Å²) in [4.78, 5) is 11.3. The lowest BCUT2D eigenvalue weighted by atomic mass is 10.2. The van der Waals surface area contributed by atoms with Gasteiger partial charge in [-0.25, -0.2) is 4.98 Å². The highest BCUT2D eigenvalue weighted by Gasteiger charge is 2.10. The number of hydrogen-bond donors (Lipinski definition) is 1. The molecule has 0 bridgehead atoms. The Morgan fingerprint density at radius 3 is 2.62 bits per heavy atom. The van der Waals surface area contributed by atoms with Crippen molar-refractivity contribution in [2.45, 2.75) is 20.4 Å². The van der Waals surface area contributed by atoms with Crippen LogP contribution in [0, 0.1) is 6.92 Å². The molecule has 0 aliphatic carbocycles. The van der Waals surface area contributed by atoms with E-state index in [1.807, 2.05) is 37.3 Å². The summed E-state index contributed by atoms with van der Waals surface area (Å²) in [6, 6.07) is 18.3. The van der Waals surface area contributed by atoms with Crippen LogP contribution in [-0.2, 0) is 6.54 Å². The monoisotopic (exact) mass is 348 g/mol. The van der Waals surface area contributed by atoms with Gasteiger partial charge in [0.05, 0.1) is 12.8 Å². The van der Waals surface area contributed by atoms with Crippen molar-refractivity contribution in [2.24, 2.45) is 0 Å². The zero-order valence-electron chi connectivity index (χ0n) is 15.4. The second-order valence-electron chi connectivity index (χ2n) is 6.07. The average molecular weight is 348 g/mol. The van der Waals surface area contributed by atoms with Gasteiger partial charge in [-0.2, -0.15) is 4.98 Å². The largest absolute Gasteiger partial charge is 0.495 e. The molecule has 5 nitrogen and oxygen atoms in total. The number of hydrogen-bond acceptors (Lipinski definition) is 5. The quantitative estimate of drug-likeness (QED) is 0.678. The summed E-state index contributed by atoms with van der Waals surface area (Å²) < 4.78 is 5.42. The van der Waals surface area contributed by atoms with Gasteiger partial charge in [-0.15, -0.1) is 0 Å². The number of nitrogens with zero attached hydrogens (tertiary/aromatic N) is 3. The number of aryl methyl sites for hydroxylation is 1. The number of rotatable bonds is 7. The van der Waals surface area contributed by atoms with Crippen LogP contribution in [0.1, 0.15) is 18.1 Å². The van der Waals surface area contributed by atoms with Crippen molar-refractivity contribution in [1.29, 1.82) is 0 Å². The number of aromatic nitrogens is 2. The van der Waals surface area contributed by atoms with Crippen LogP contribution in [0.4, 0.5) is 17.5 Å². The van der Waals surface area contributed by atoms with Crippen LogP contribution in [0.15, 0.2) is 60.8 Å². The van der Waals surface area contributed by atoms with Crippen molar-refractivity contribution in [3.63, 3.8) is 0 Å². The molecular weight excluding hydrogens is 324 g/mol. The van der Waals surface area contributed by atoms with E-state index in [1.165, 1.54) is 5.56 Å². The van der Waals surface area contributed by atoms with Gasteiger partial charge in [0.25, 0.3) is 0 Å². The molecule has 0 fully saturated rings. The third-order valence-electron chi connectivity index (χ3n) is 4.16. The van der Waals surface area contributed by atoms with Crippen LogP contribution in [0.5, 0.6) is 5.75 Å². The molecule has 0 aliphatic rings. The number of methoxy groups -OCH3 is 1. The van der Waals surface area contributed by atoms with Crippen molar-refractivity contribution in [3.05, 3.63) is 71.9 Å². The number of benzene rings is 2. The molecule has 134 valence electrons. The summed E-state index contributed by atoms with van der Waals surface area (Å²) >= 11 is 0. The predicted molar refractivity (Wildman–Crippen MR) is 106 cm³/mol. The first kappa shape index (κ1) is 17.7. The lowest BCUT2D eigenvalue weighted by Gasteiger charge is -2.22. The maximum Gasteiger partial charge on any atom is 0.229 e. The second-order valence-corrected chi connectivity index (χ2v) is 6.07. The Morgan fingerprint density at radius 1 is 1.08 bits per heavy atom. The summed E-state index contributed by atoms with van der Waals surface area (Å²) in [5, 5.41) is 3.27. The van der Waals surface area contributed by atoms with Crippen LogP contribution in [0.3, 0.4) is 0 Å². The van der Waals surface area contributed by atoms with Gasteiger partial charge in [0.1, 0.15) is 11.6 Å². The Labute approximate surface area is 154 Å². The van der Waals surface area contributed by atoms with E-state index in [9.17, 15) is 0 Å². The molecule has 1 heterocycles. The summed E-state index contributed by atoms with van der Waals surface area (Å²) in [5.74, 6) is 2.21. The fraction of sp³-hybridized carbons (Fsp3) is 0.238. The normalized spacial score (nSPS) is 10.4. The smallest absolute Gasteiger partial charge is 0.229 e. The number of anilines is 3. The minimum absolute atomic E-state index is 0.554. The van der Waals surface area contributed by atoms with Crippen LogP contribution in [-0.4, -0.2) is 23.6 Å². The fourth-order valence-electron chi connectivity index (χ4n) is 2.78. The van der Waals surface area contributed by atoms with E-state index in [0.29, 0.717) is 5.95 Å². The maximum absolute atomic E-state index is 5.42. The van der Waals surface area contributed by atoms with Gasteiger partial charge >= 0.3 is 0 Å². The molecule has 3 aromatic rings. The molecule has 0 aliphatic heterocycles. The standard InChI is InChI=1S/C21H24N4O/c1-4-25(15-17-8-6-5-7-9-17)20-12-13-22-21(24-20)23-18-14-16(2)10-11-19(18)26-3/h5-14H,4,15H2,1-3H3,(H,22,23,24). The third kappa shape index (κ3) is 4.30. The molecule has 2 aromatic carbocycles. The van der Waals surface area contributed by atoms with E-state index in [0.717, 1.165) is 35.9 Å². The van der Waals surface area contributed by atoms with Crippen LogP contribution in [0.25, 0.3) is 0 Å². The van der Waals surface area contributed by atoms with Crippen LogP contribution < -0.4 is 15.0 Å². The Bertz CT molecular complexity index is 852. The summed E-state index contributed by atoms with van der Waals surface area (Å²) in [6.07, 6.45) is 1.78. The molecule has 1 aromatic heterocycles. The van der Waals surface area contributed by atoms with Gasteiger partial charge in [-0.1, -0.05) is 36.4 Å². The van der Waals surface area contributed by atoms with Crippen molar-refractivity contribution < 1.29 is 4.74 Å². The van der Waals surface area contributed by atoms with Crippen LogP contribution in [0.2, 0.25) is 0 Å². The highest BCUT2D eigenvalue weighted by atomic mass is 16.5. The van der Waals surface area contributed by atoms with E-state index < -0.39 is 0 Å². The third-order valence-corrected chi connectivity index (χ3v) is 4.16. The number of nitrogens with one attached hydrogen (secondary N) is 1. The van der Waals surface area contributed by atoms with Gasteiger partial charge in [0, 0.05) is 19.3 Å². The predicted octanol–water partition coefficient (Wildman–Crippen LogP) is 4.56. The molecule has 3 rings (SSSR count). The van der Waals surface area contributed by atoms with Gasteiger partial charge < -0.3 is 15.0 Å². The Balaban J connectivity index is 1.82. The SMILES string of the molecule is CCN(Cc1ccccc1)c1ccnc(Nc2cc(C)ccc2OC)n1. The van der Waals surface area contributed by atoms with E-state index in [-0.39, 0.29) is 0 Å². The van der Waals surface area contributed by atoms with Gasteiger partial charge in [-0.05, 0) is 43.2 Å². The lowest BCUT2D eigenvalue weighted by Crippen LogP contribution is -2.23. The Kier molecular flexibility index (Phi) is 5.69. The van der Waals surface area contributed by atoms with Crippen molar-refractivity contribution >= 4 is 17.5 Å². The first-order chi connectivity index (χ1) is 12.7. The van der Waals surface area contributed by atoms with E-state index in [1.54, 1.807) is 13.3 Å². The van der Waals surface area contributed by atoms with E-state index >= 15 is 0 Å². The molecule has 5 heteroatoms. The van der Waals surface area contributed by atoms with Crippen molar-refractivity contribution in [3.8, 4) is 5.75 Å². The van der Waals surface area contributed by atoms with Gasteiger partial charge in [-0.3, -0.25) is 0 Å². The van der Waals surface area contributed by atoms with Gasteiger partial charge in [0.15, 0.2) is 0 Å². The van der Waals surface area contributed by atoms with E-state index in [4.69, 9.17) is 4.74 Å². The fourth-order valence-corrected chi connectivity index (χ4v) is 2.78. The molecule has 0 unspecified atom stereocenters. The maximum atomic E-state index is 5.42. The van der Waals surface area contributed by atoms with Crippen molar-refractivity contribution in [2.75, 3.05) is 23.9 Å². The summed E-state index contributed by atoms with van der Waals surface area (Å²) in [5.41, 5.74) is 3.25. The second kappa shape index (κ2) is 8.34. The molecule has 0 amide bonds. The average Bonchev–Trinajstić information content (AvgIpc) is 2.67. The molecule has 0 spiro atoms. The molecule has 1 N–H and O–H groups in total. The minimum atomic E-state index is 0.554. The molecular formula is C21H24N4O. The molecule has 0 saturated carbocycles. The molecule has 26 heavy (non-hydrogen) atoms. The number of ether oxygens (including phenoxy) is 1. The topological polar surface area (TPSA) is 50.3 Å². The summed E-state index contributed by atoms with van der Waals surface area (Å²) in [7, 11) is 1.66. The van der Waals surface area contributed by atoms with Crippen molar-refractivity contribution in [1.82, 2.24) is 9.97 Å². The first-order valence-corrected chi connectivity index (χ1v) is 8.73. The van der Waals surface area contributed by atoms with Crippen LogP contribution >= 0.6 is 0 Å². The summed E-state index contributed by atoms with van der Waals surface area (Å²) in [6.45, 7) is 5.84. The lowest BCUT2D eigenvalue weighted by molar-refractivity contribution is 0.416. The first-order valence-electron chi connectivity index (χ1n) is 8.73. The minimum Gasteiger partial charge on any atom is -0.495 e. The molecule has 0 saturated heterocycles. The van der Waals surface area contributed by atoms with Gasteiger partial charge in [0.2, 0.25) is 5.95 Å². The zero-order valence-corrected chi connectivity index (χ0v) is 15.4. The Morgan fingerprint density at radius 2 is 1.88 bits per heavy atom. The Hall–Kier alpha value is -3.08. The zero-order chi connectivity index (χ0) is 18.4. The molecule has 0 atom stereocenters.